The molecule has 0 aliphatic carbocycles. The Kier molecular flexibility index (Phi) is 8.08. The summed E-state index contributed by atoms with van der Waals surface area (Å²) < 4.78 is 10.0. The van der Waals surface area contributed by atoms with E-state index in [9.17, 15) is 14.4 Å². The van der Waals surface area contributed by atoms with Crippen molar-refractivity contribution >= 4 is 17.9 Å². The third-order valence-electron chi connectivity index (χ3n) is 3.05. The molecular formula is C15H26O7. The van der Waals surface area contributed by atoms with Crippen LogP contribution in [0.25, 0.3) is 0 Å². The minimum absolute atomic E-state index is 0.0421. The van der Waals surface area contributed by atoms with Gasteiger partial charge in [-0.05, 0) is 5.92 Å². The van der Waals surface area contributed by atoms with Crippen molar-refractivity contribution in [2.24, 2.45) is 17.8 Å². The van der Waals surface area contributed by atoms with Crippen molar-refractivity contribution in [1.29, 1.82) is 0 Å². The van der Waals surface area contributed by atoms with Gasteiger partial charge in [0.05, 0.1) is 0 Å². The van der Waals surface area contributed by atoms with Crippen molar-refractivity contribution < 1.29 is 34.1 Å². The van der Waals surface area contributed by atoms with Crippen LogP contribution >= 0.6 is 0 Å². The Balaban J connectivity index is 0.000000472. The summed E-state index contributed by atoms with van der Waals surface area (Å²) in [4.78, 5) is 32.7. The fraction of sp³-hybridized carbons (Fsp3) is 0.800. The van der Waals surface area contributed by atoms with E-state index in [0.717, 1.165) is 0 Å². The molecule has 7 heteroatoms. The van der Waals surface area contributed by atoms with Crippen molar-refractivity contribution in [1.82, 2.24) is 0 Å². The maximum Gasteiger partial charge on any atom is 0.348 e. The molecular weight excluding hydrogens is 292 g/mol. The summed E-state index contributed by atoms with van der Waals surface area (Å²) in [5.41, 5.74) is 0. The summed E-state index contributed by atoms with van der Waals surface area (Å²) >= 11 is 0. The van der Waals surface area contributed by atoms with Crippen LogP contribution in [0.3, 0.4) is 0 Å². The summed E-state index contributed by atoms with van der Waals surface area (Å²) in [6.45, 7) is 10.6. The van der Waals surface area contributed by atoms with Crippen LogP contribution in [-0.4, -0.2) is 46.4 Å². The van der Waals surface area contributed by atoms with E-state index in [4.69, 9.17) is 19.7 Å². The molecule has 1 heterocycles. The first-order chi connectivity index (χ1) is 9.98. The van der Waals surface area contributed by atoms with Crippen LogP contribution in [0.4, 0.5) is 0 Å². The van der Waals surface area contributed by atoms with Gasteiger partial charge in [0, 0.05) is 11.8 Å². The van der Waals surface area contributed by atoms with Gasteiger partial charge in [0.2, 0.25) is 12.2 Å². The first kappa shape index (κ1) is 20.4. The largest absolute Gasteiger partial charge is 0.479 e. The summed E-state index contributed by atoms with van der Waals surface area (Å²) in [5.74, 6) is -2.30. The van der Waals surface area contributed by atoms with Gasteiger partial charge in [0.25, 0.3) is 0 Å². The van der Waals surface area contributed by atoms with Crippen LogP contribution in [-0.2, 0) is 23.9 Å². The molecule has 1 fully saturated rings. The first-order valence-corrected chi connectivity index (χ1v) is 7.30. The van der Waals surface area contributed by atoms with E-state index in [1.807, 2.05) is 27.7 Å². The number of carboxylic acids is 1. The molecule has 0 aromatic rings. The lowest BCUT2D eigenvalue weighted by Crippen LogP contribution is -2.48. The van der Waals surface area contributed by atoms with Gasteiger partial charge < -0.3 is 19.7 Å². The second-order valence-corrected chi connectivity index (χ2v) is 6.23. The molecule has 1 rings (SSSR count). The summed E-state index contributed by atoms with van der Waals surface area (Å²) in [6.07, 6.45) is -2.69. The Morgan fingerprint density at radius 3 is 1.36 bits per heavy atom. The van der Waals surface area contributed by atoms with E-state index in [2.05, 4.69) is 0 Å². The van der Waals surface area contributed by atoms with Crippen LogP contribution < -0.4 is 0 Å². The molecule has 0 saturated carbocycles. The van der Waals surface area contributed by atoms with Crippen LogP contribution in [0, 0.1) is 17.8 Å². The molecule has 0 aromatic carbocycles. The molecule has 0 bridgehead atoms. The van der Waals surface area contributed by atoms with E-state index >= 15 is 0 Å². The number of hydrogen-bond donors (Lipinski definition) is 2. The smallest absolute Gasteiger partial charge is 0.348 e. The average molecular weight is 318 g/mol. The Hall–Kier alpha value is -1.63. The third kappa shape index (κ3) is 6.01. The molecule has 1 aliphatic heterocycles. The number of hydrogen-bond acceptors (Lipinski definition) is 6. The van der Waals surface area contributed by atoms with Crippen LogP contribution in [0.15, 0.2) is 0 Å². The highest BCUT2D eigenvalue weighted by molar-refractivity contribution is 5.87. The monoisotopic (exact) mass is 318 g/mol. The Bertz CT molecular complexity index is 375. The lowest BCUT2D eigenvalue weighted by Gasteiger charge is -2.30. The Morgan fingerprint density at radius 2 is 1.23 bits per heavy atom. The van der Waals surface area contributed by atoms with Crippen LogP contribution in [0.2, 0.25) is 0 Å². The van der Waals surface area contributed by atoms with Crippen molar-refractivity contribution in [3.05, 3.63) is 0 Å². The van der Waals surface area contributed by atoms with E-state index in [-0.39, 0.29) is 17.8 Å². The van der Waals surface area contributed by atoms with Gasteiger partial charge in [-0.2, -0.15) is 0 Å². The van der Waals surface area contributed by atoms with E-state index in [1.165, 1.54) is 0 Å². The minimum atomic E-state index is -1.21. The second-order valence-electron chi connectivity index (χ2n) is 6.23. The molecule has 0 aromatic heterocycles. The molecule has 2 N–H and O–H groups in total. The van der Waals surface area contributed by atoms with Gasteiger partial charge in [0.1, 0.15) is 0 Å². The molecule has 22 heavy (non-hydrogen) atoms. The van der Waals surface area contributed by atoms with Crippen molar-refractivity contribution in [2.45, 2.75) is 59.9 Å². The molecule has 0 amide bonds. The number of cyclic esters (lactones) is 2. The highest BCUT2D eigenvalue weighted by atomic mass is 16.6. The van der Waals surface area contributed by atoms with Gasteiger partial charge in [0.15, 0.2) is 6.10 Å². The van der Waals surface area contributed by atoms with E-state index in [0.29, 0.717) is 0 Å². The normalized spacial score (nSPS) is 22.8. The molecule has 7 nitrogen and oxygen atoms in total. The number of carbonyl (C=O) groups excluding carboxylic acids is 2. The van der Waals surface area contributed by atoms with Crippen LogP contribution in [0.5, 0.6) is 0 Å². The fourth-order valence-electron chi connectivity index (χ4n) is 1.58. The molecule has 0 spiro atoms. The summed E-state index contributed by atoms with van der Waals surface area (Å²) in [7, 11) is 0. The van der Waals surface area contributed by atoms with E-state index in [1.54, 1.807) is 13.8 Å². The molecule has 3 unspecified atom stereocenters. The number of aliphatic hydroxyl groups is 1. The Morgan fingerprint density at radius 1 is 0.909 bits per heavy atom. The SMILES string of the molecule is CC(C)C(O)C(=O)O.CC(C)C1OC(=O)C(C(C)C)OC1=O. The summed E-state index contributed by atoms with van der Waals surface area (Å²) in [5, 5.41) is 16.7. The average Bonchev–Trinajstić information content (AvgIpc) is 2.39. The number of aliphatic hydroxyl groups excluding tert-OH is 1. The minimum Gasteiger partial charge on any atom is -0.479 e. The molecule has 128 valence electrons. The van der Waals surface area contributed by atoms with Crippen molar-refractivity contribution in [3.63, 3.8) is 0 Å². The molecule has 1 saturated heterocycles. The number of rotatable bonds is 4. The van der Waals surface area contributed by atoms with Gasteiger partial charge >= 0.3 is 17.9 Å². The zero-order valence-electron chi connectivity index (χ0n) is 13.9. The quantitative estimate of drug-likeness (QED) is 0.750. The fourth-order valence-corrected chi connectivity index (χ4v) is 1.58. The molecule has 3 atom stereocenters. The number of esters is 2. The van der Waals surface area contributed by atoms with Gasteiger partial charge in [-0.3, -0.25) is 0 Å². The lowest BCUT2D eigenvalue weighted by atomic mass is 10.0. The maximum absolute atomic E-state index is 11.4. The van der Waals surface area contributed by atoms with Gasteiger partial charge in [-0.15, -0.1) is 0 Å². The maximum atomic E-state index is 11.4. The number of ether oxygens (including phenoxy) is 2. The lowest BCUT2D eigenvalue weighted by molar-refractivity contribution is -0.201. The zero-order chi connectivity index (χ0) is 17.6. The topological polar surface area (TPSA) is 110 Å². The van der Waals surface area contributed by atoms with E-state index < -0.39 is 36.2 Å². The van der Waals surface area contributed by atoms with Gasteiger partial charge in [-0.1, -0.05) is 41.5 Å². The highest BCUT2D eigenvalue weighted by Gasteiger charge is 2.40. The molecule has 1 aliphatic rings. The number of carboxylic acid groups (broad SMARTS) is 1. The van der Waals surface area contributed by atoms with Crippen molar-refractivity contribution in [3.8, 4) is 0 Å². The van der Waals surface area contributed by atoms with Gasteiger partial charge in [-0.25, -0.2) is 14.4 Å². The predicted molar refractivity (Wildman–Crippen MR) is 77.9 cm³/mol. The highest BCUT2D eigenvalue weighted by Crippen LogP contribution is 2.21. The standard InChI is InChI=1S/C10H16O4.C5H10O3/c1-5(2)7-9(11)14-8(6(3)4)10(12)13-7;1-3(2)4(6)5(7)8/h5-8H,1-4H3;3-4,6H,1-2H3,(H,7,8). The van der Waals surface area contributed by atoms with Crippen molar-refractivity contribution in [2.75, 3.05) is 0 Å². The number of aliphatic carboxylic acids is 1. The van der Waals surface area contributed by atoms with Crippen LogP contribution in [0.1, 0.15) is 41.5 Å². The second kappa shape index (κ2) is 8.73. The third-order valence-corrected chi connectivity index (χ3v) is 3.05. The first-order valence-electron chi connectivity index (χ1n) is 7.30. The summed E-state index contributed by atoms with van der Waals surface area (Å²) in [6, 6.07) is 0. The molecule has 0 radical (unpaired) electrons. The zero-order valence-corrected chi connectivity index (χ0v) is 13.9. The predicted octanol–water partition coefficient (Wildman–Crippen LogP) is 1.22. The number of carbonyl (C=O) groups is 3. The Labute approximate surface area is 130 Å².